The Morgan fingerprint density at radius 1 is 1.05 bits per heavy atom. The summed E-state index contributed by atoms with van der Waals surface area (Å²) in [4.78, 5) is 38.2. The van der Waals surface area contributed by atoms with Crippen LogP contribution in [0.3, 0.4) is 0 Å². The number of hydrogen-bond donors (Lipinski definition) is 3. The topological polar surface area (TPSA) is 144 Å². The van der Waals surface area contributed by atoms with Crippen LogP contribution in [0.15, 0.2) is 34.3 Å². The van der Waals surface area contributed by atoms with E-state index in [1.807, 2.05) is 9.80 Å². The zero-order valence-electron chi connectivity index (χ0n) is 19.3. The summed E-state index contributed by atoms with van der Waals surface area (Å²) >= 11 is 0. The first-order valence-electron chi connectivity index (χ1n) is 11.6. The molecule has 0 atom stereocenters. The first-order chi connectivity index (χ1) is 17.7. The van der Waals surface area contributed by atoms with Crippen molar-refractivity contribution in [3.05, 3.63) is 57.1 Å². The fourth-order valence-corrected chi connectivity index (χ4v) is 4.09. The van der Waals surface area contributed by atoms with E-state index >= 15 is 0 Å². The van der Waals surface area contributed by atoms with Crippen LogP contribution in [0.4, 0.5) is 24.9 Å². The molecule has 3 N–H and O–H groups in total. The minimum atomic E-state index is -4.43. The van der Waals surface area contributed by atoms with Crippen LogP contribution in [0.25, 0.3) is 11.7 Å². The van der Waals surface area contributed by atoms with E-state index in [2.05, 4.69) is 30.0 Å². The third-order valence-corrected chi connectivity index (χ3v) is 6.21. The lowest BCUT2D eigenvalue weighted by molar-refractivity contribution is -0.137. The fourth-order valence-electron chi connectivity index (χ4n) is 4.09. The predicted octanol–water partition coefficient (Wildman–Crippen LogP) is 0.198. The Labute approximate surface area is 205 Å². The van der Waals surface area contributed by atoms with Crippen LogP contribution in [-0.2, 0) is 6.18 Å². The van der Waals surface area contributed by atoms with Gasteiger partial charge >= 0.3 is 11.9 Å². The molecule has 15 heteroatoms. The first kappa shape index (κ1) is 23.0. The molecule has 4 aromatic heterocycles. The number of fused-ring (bicyclic) bond motifs is 1. The number of pyridine rings is 1. The molecule has 0 unspecified atom stereocenters. The van der Waals surface area contributed by atoms with Crippen molar-refractivity contribution in [3.63, 3.8) is 0 Å². The largest absolute Gasteiger partial charge is 0.493 e. The summed E-state index contributed by atoms with van der Waals surface area (Å²) in [6.07, 6.45) is 1.47. The van der Waals surface area contributed by atoms with E-state index in [-0.39, 0.29) is 17.6 Å². The van der Waals surface area contributed by atoms with Crippen molar-refractivity contribution in [2.24, 2.45) is 4.99 Å². The summed E-state index contributed by atoms with van der Waals surface area (Å²) in [5, 5.41) is 14.9. The summed E-state index contributed by atoms with van der Waals surface area (Å²) in [6.45, 7) is 2.05. The van der Waals surface area contributed by atoms with Gasteiger partial charge in [0.15, 0.2) is 5.65 Å². The average Bonchev–Trinajstić information content (AvgIpc) is 3.51. The van der Waals surface area contributed by atoms with Gasteiger partial charge in [0.2, 0.25) is 11.8 Å². The Bertz CT molecular complexity index is 1630. The highest BCUT2D eigenvalue weighted by Gasteiger charge is 2.31. The lowest BCUT2D eigenvalue weighted by Gasteiger charge is -2.35. The van der Waals surface area contributed by atoms with Gasteiger partial charge in [-0.2, -0.15) is 32.8 Å². The monoisotopic (exact) mass is 514 g/mol. The number of alkyl halides is 3. The van der Waals surface area contributed by atoms with Crippen LogP contribution < -0.4 is 26.3 Å². The van der Waals surface area contributed by atoms with Gasteiger partial charge in [0.05, 0.1) is 17.8 Å². The Morgan fingerprint density at radius 3 is 2.43 bits per heavy atom. The molecule has 12 nitrogen and oxygen atoms in total. The van der Waals surface area contributed by atoms with Gasteiger partial charge in [-0.05, 0) is 31.1 Å². The number of hydrogen-bond acceptors (Lipinski definition) is 9. The van der Waals surface area contributed by atoms with E-state index in [1.54, 1.807) is 12.3 Å². The van der Waals surface area contributed by atoms with Crippen LogP contribution in [0.1, 0.15) is 24.1 Å². The molecule has 0 amide bonds. The molecule has 1 saturated heterocycles. The molecule has 1 aliphatic heterocycles. The summed E-state index contributed by atoms with van der Waals surface area (Å²) in [5.41, 5.74) is -0.272. The number of imidazole rings is 1. The molecule has 2 aliphatic rings. The average molecular weight is 514 g/mol. The minimum absolute atomic E-state index is 0.176. The van der Waals surface area contributed by atoms with E-state index in [1.165, 1.54) is 10.6 Å². The predicted molar refractivity (Wildman–Crippen MR) is 125 cm³/mol. The van der Waals surface area contributed by atoms with Gasteiger partial charge in [-0.3, -0.25) is 4.98 Å². The number of H-pyrrole nitrogens is 2. The molecule has 192 valence electrons. The molecule has 0 aromatic carbocycles. The molecule has 0 bridgehead atoms. The van der Waals surface area contributed by atoms with Crippen LogP contribution in [0.2, 0.25) is 0 Å². The SMILES string of the molecule is O=c1[nH]c(O)c(C=c2cnn3c(=NC4CC4)nc(N4CCN(c5ccc(C(F)(F)F)cn5)CC4)nc23)[nH]1. The number of nitrogens with zero attached hydrogens (tertiary/aromatic N) is 8. The van der Waals surface area contributed by atoms with E-state index in [0.29, 0.717) is 54.4 Å². The molecule has 4 aromatic rings. The molecular formula is C22H21F3N10O2. The summed E-state index contributed by atoms with van der Waals surface area (Å²) in [7, 11) is 0. The highest BCUT2D eigenvalue weighted by atomic mass is 19.4. The molecular weight excluding hydrogens is 493 g/mol. The van der Waals surface area contributed by atoms with Gasteiger partial charge in [0, 0.05) is 37.6 Å². The second kappa shape index (κ2) is 8.60. The maximum absolute atomic E-state index is 12.9. The van der Waals surface area contributed by atoms with Crippen molar-refractivity contribution in [1.29, 1.82) is 0 Å². The lowest BCUT2D eigenvalue weighted by atomic mass is 10.2. The van der Waals surface area contributed by atoms with Crippen LogP contribution in [0, 0.1) is 0 Å². The van der Waals surface area contributed by atoms with Gasteiger partial charge < -0.3 is 19.9 Å². The third-order valence-electron chi connectivity index (χ3n) is 6.21. The summed E-state index contributed by atoms with van der Waals surface area (Å²) in [6, 6.07) is 2.59. The Morgan fingerprint density at radius 2 is 1.81 bits per heavy atom. The van der Waals surface area contributed by atoms with Gasteiger partial charge in [0.25, 0.3) is 5.62 Å². The van der Waals surface area contributed by atoms with Crippen molar-refractivity contribution < 1.29 is 18.3 Å². The fraction of sp³-hybridized carbons (Fsp3) is 0.364. The molecule has 6 rings (SSSR count). The number of aromatic hydroxyl groups is 1. The highest BCUT2D eigenvalue weighted by Crippen LogP contribution is 2.29. The molecule has 1 aliphatic carbocycles. The zero-order chi connectivity index (χ0) is 25.7. The molecule has 0 spiro atoms. The van der Waals surface area contributed by atoms with Crippen LogP contribution >= 0.6 is 0 Å². The highest BCUT2D eigenvalue weighted by molar-refractivity contribution is 5.57. The number of aromatic amines is 2. The number of piperazine rings is 1. The summed E-state index contributed by atoms with van der Waals surface area (Å²) < 4.78 is 40.1. The number of anilines is 2. The number of aromatic nitrogens is 7. The molecule has 1 saturated carbocycles. The Kier molecular flexibility index (Phi) is 5.35. The van der Waals surface area contributed by atoms with Gasteiger partial charge in [0.1, 0.15) is 11.5 Å². The van der Waals surface area contributed by atoms with E-state index < -0.39 is 17.4 Å². The van der Waals surface area contributed by atoms with Crippen molar-refractivity contribution >= 4 is 23.5 Å². The minimum Gasteiger partial charge on any atom is -0.493 e. The standard InChI is InChI=1S/C22H21F3N10O2/c23-22(24,25)13-1-4-16(26-11-13)33-5-7-34(8-6-33)19-30-17-12(9-15-18(36)31-21(37)29-15)10-27-35(17)20(32-19)28-14-2-3-14/h1,4,9-11,14,36H,2-3,5-8H2,(H2,29,31,37). The maximum Gasteiger partial charge on any atom is 0.417 e. The zero-order valence-corrected chi connectivity index (χ0v) is 19.3. The van der Waals surface area contributed by atoms with Crippen molar-refractivity contribution in [3.8, 4) is 5.88 Å². The van der Waals surface area contributed by atoms with Gasteiger partial charge in [-0.1, -0.05) is 0 Å². The van der Waals surface area contributed by atoms with E-state index in [9.17, 15) is 23.1 Å². The number of halogens is 3. The summed E-state index contributed by atoms with van der Waals surface area (Å²) in [5.74, 6) is 0.616. The molecule has 5 heterocycles. The third kappa shape index (κ3) is 4.59. The van der Waals surface area contributed by atoms with E-state index in [4.69, 9.17) is 4.98 Å². The quantitative estimate of drug-likeness (QED) is 0.350. The van der Waals surface area contributed by atoms with Crippen molar-refractivity contribution in [2.75, 3.05) is 36.0 Å². The number of nitrogens with one attached hydrogen (secondary N) is 2. The smallest absolute Gasteiger partial charge is 0.417 e. The Hall–Kier alpha value is -4.43. The maximum atomic E-state index is 12.9. The normalized spacial score (nSPS) is 17.8. The molecule has 37 heavy (non-hydrogen) atoms. The van der Waals surface area contributed by atoms with Crippen molar-refractivity contribution in [1.82, 2.24) is 34.5 Å². The molecule has 2 fully saturated rings. The van der Waals surface area contributed by atoms with Crippen LogP contribution in [0.5, 0.6) is 5.88 Å². The number of rotatable bonds is 4. The molecule has 0 radical (unpaired) electrons. The van der Waals surface area contributed by atoms with E-state index in [0.717, 1.165) is 25.1 Å². The van der Waals surface area contributed by atoms with Crippen molar-refractivity contribution in [2.45, 2.75) is 25.1 Å². The first-order valence-corrected chi connectivity index (χ1v) is 11.6. The Balaban J connectivity index is 1.31. The van der Waals surface area contributed by atoms with Crippen LogP contribution in [-0.4, -0.2) is 71.9 Å². The lowest BCUT2D eigenvalue weighted by Crippen LogP contribution is -2.48. The second-order valence-electron chi connectivity index (χ2n) is 8.88. The second-order valence-corrected chi connectivity index (χ2v) is 8.88. The van der Waals surface area contributed by atoms with Gasteiger partial charge in [-0.25, -0.2) is 14.8 Å². The van der Waals surface area contributed by atoms with Gasteiger partial charge in [-0.15, -0.1) is 0 Å².